The van der Waals surface area contributed by atoms with Crippen LogP contribution in [0.1, 0.15) is 63.4 Å². The number of amides is 3. The van der Waals surface area contributed by atoms with Crippen LogP contribution < -0.4 is 10.2 Å². The van der Waals surface area contributed by atoms with Crippen molar-refractivity contribution in [1.82, 2.24) is 15.2 Å². The van der Waals surface area contributed by atoms with Gasteiger partial charge < -0.3 is 25.2 Å². The van der Waals surface area contributed by atoms with Crippen molar-refractivity contribution in [3.05, 3.63) is 66.4 Å². The summed E-state index contributed by atoms with van der Waals surface area (Å²) in [7, 11) is 0. The van der Waals surface area contributed by atoms with Gasteiger partial charge in [0, 0.05) is 35.6 Å². The van der Waals surface area contributed by atoms with Crippen LogP contribution in [-0.2, 0) is 14.4 Å². The van der Waals surface area contributed by atoms with E-state index >= 15 is 0 Å². The van der Waals surface area contributed by atoms with Gasteiger partial charge in [-0.05, 0) is 51.0 Å². The topological polar surface area (TPSA) is 123 Å². The van der Waals surface area contributed by atoms with E-state index in [4.69, 9.17) is 0 Å². The van der Waals surface area contributed by atoms with E-state index in [0.29, 0.717) is 13.0 Å². The van der Waals surface area contributed by atoms with E-state index in [1.807, 2.05) is 75.4 Å². The highest BCUT2D eigenvalue weighted by Crippen LogP contribution is 2.19. The van der Waals surface area contributed by atoms with E-state index in [0.717, 1.165) is 29.4 Å². The van der Waals surface area contributed by atoms with Crippen LogP contribution in [0.3, 0.4) is 0 Å². The number of nitrogens with zero attached hydrogens (tertiary/aromatic N) is 2. The molecule has 1 atom stereocenters. The lowest BCUT2D eigenvalue weighted by Gasteiger charge is -2.32. The molecule has 3 rings (SSSR count). The Morgan fingerprint density at radius 3 is 2.31 bits per heavy atom. The highest BCUT2D eigenvalue weighted by Gasteiger charge is 2.30. The predicted octanol–water partition coefficient (Wildman–Crippen LogP) is 4.59. The maximum Gasteiger partial charge on any atom is 0.303 e. The van der Waals surface area contributed by atoms with Crippen molar-refractivity contribution in [2.24, 2.45) is 0 Å². The van der Waals surface area contributed by atoms with Gasteiger partial charge in [-0.25, -0.2) is 0 Å². The number of carbonyl (C=O) groups excluding carboxylic acids is 3. The monoisotopic (exact) mass is 534 g/mol. The molecule has 0 aliphatic carbocycles. The first kappa shape index (κ1) is 29.4. The Bertz CT molecular complexity index is 1240. The lowest BCUT2D eigenvalue weighted by Crippen LogP contribution is -2.52. The molecule has 0 saturated heterocycles. The lowest BCUT2D eigenvalue weighted by atomic mass is 10.1. The summed E-state index contributed by atoms with van der Waals surface area (Å²) in [6, 6.07) is 17.1. The number of nitrogens with one attached hydrogen (secondary N) is 2. The zero-order valence-corrected chi connectivity index (χ0v) is 22.9. The van der Waals surface area contributed by atoms with Gasteiger partial charge in [0.05, 0.1) is 0 Å². The van der Waals surface area contributed by atoms with Crippen LogP contribution in [0.2, 0.25) is 0 Å². The fourth-order valence-electron chi connectivity index (χ4n) is 4.56. The second-order valence-corrected chi connectivity index (χ2v) is 9.89. The third kappa shape index (κ3) is 8.17. The smallest absolute Gasteiger partial charge is 0.303 e. The molecule has 0 unspecified atom stereocenters. The van der Waals surface area contributed by atoms with Gasteiger partial charge in [0.15, 0.2) is 0 Å². The number of unbranched alkanes of at least 4 members (excludes halogenated alkanes) is 2. The van der Waals surface area contributed by atoms with Crippen LogP contribution >= 0.6 is 0 Å². The van der Waals surface area contributed by atoms with Crippen LogP contribution in [0.15, 0.2) is 60.7 Å². The van der Waals surface area contributed by atoms with Crippen molar-refractivity contribution in [2.45, 2.75) is 65.0 Å². The number of benzene rings is 2. The Labute approximate surface area is 229 Å². The minimum absolute atomic E-state index is 0.0921. The summed E-state index contributed by atoms with van der Waals surface area (Å²) in [5, 5.41) is 12.9. The number of aromatic amines is 1. The van der Waals surface area contributed by atoms with E-state index in [1.165, 1.54) is 4.90 Å². The number of carboxylic acid groups (broad SMARTS) is 1. The number of carboxylic acids is 1. The molecule has 0 fully saturated rings. The summed E-state index contributed by atoms with van der Waals surface area (Å²) in [6.45, 7) is 6.00. The Kier molecular flexibility index (Phi) is 10.7. The first-order valence-corrected chi connectivity index (χ1v) is 13.5. The maximum atomic E-state index is 13.8. The second kappa shape index (κ2) is 14.1. The molecule has 39 heavy (non-hydrogen) atoms. The van der Waals surface area contributed by atoms with Crippen molar-refractivity contribution >= 4 is 40.3 Å². The number of rotatable bonds is 14. The summed E-state index contributed by atoms with van der Waals surface area (Å²) in [5.74, 6) is -2.30. The number of hydrogen-bond acceptors (Lipinski definition) is 4. The zero-order valence-electron chi connectivity index (χ0n) is 22.9. The highest BCUT2D eigenvalue weighted by atomic mass is 16.4. The normalized spacial score (nSPS) is 11.8. The Balaban J connectivity index is 1.84. The second-order valence-electron chi connectivity index (χ2n) is 9.89. The predicted molar refractivity (Wildman–Crippen MR) is 152 cm³/mol. The summed E-state index contributed by atoms with van der Waals surface area (Å²) in [4.78, 5) is 57.9. The average Bonchev–Trinajstić information content (AvgIpc) is 3.35. The van der Waals surface area contributed by atoms with Crippen molar-refractivity contribution in [1.29, 1.82) is 0 Å². The molecule has 0 aliphatic rings. The first-order chi connectivity index (χ1) is 18.7. The zero-order chi connectivity index (χ0) is 28.4. The Morgan fingerprint density at radius 1 is 0.974 bits per heavy atom. The number of para-hydroxylation sites is 2. The molecule has 0 bridgehead atoms. The van der Waals surface area contributed by atoms with E-state index in [1.54, 1.807) is 11.0 Å². The fourth-order valence-corrected chi connectivity index (χ4v) is 4.56. The molecule has 0 spiro atoms. The van der Waals surface area contributed by atoms with E-state index in [2.05, 4.69) is 10.3 Å². The highest BCUT2D eigenvalue weighted by molar-refractivity contribution is 6.01. The molecule has 208 valence electrons. The number of anilines is 1. The van der Waals surface area contributed by atoms with Gasteiger partial charge in [-0.2, -0.15) is 0 Å². The third-order valence-electron chi connectivity index (χ3n) is 6.51. The van der Waals surface area contributed by atoms with Crippen molar-refractivity contribution in [2.75, 3.05) is 18.0 Å². The molecule has 0 aliphatic heterocycles. The van der Waals surface area contributed by atoms with E-state index < -0.39 is 23.8 Å². The summed E-state index contributed by atoms with van der Waals surface area (Å²) < 4.78 is 0. The van der Waals surface area contributed by atoms with Gasteiger partial charge in [-0.15, -0.1) is 0 Å². The quantitative estimate of drug-likeness (QED) is 0.261. The molecule has 9 heteroatoms. The van der Waals surface area contributed by atoms with Gasteiger partial charge in [0.2, 0.25) is 11.8 Å². The first-order valence-electron chi connectivity index (χ1n) is 13.5. The van der Waals surface area contributed by atoms with Crippen molar-refractivity contribution in [3.8, 4) is 0 Å². The summed E-state index contributed by atoms with van der Waals surface area (Å²) >= 11 is 0. The number of aliphatic carboxylic acids is 1. The fraction of sp³-hybridized carbons (Fsp3) is 0.400. The van der Waals surface area contributed by atoms with Crippen LogP contribution in [0.25, 0.3) is 10.9 Å². The van der Waals surface area contributed by atoms with Crippen LogP contribution in [0, 0.1) is 0 Å². The van der Waals surface area contributed by atoms with E-state index in [9.17, 15) is 24.3 Å². The molecule has 1 aromatic heterocycles. The van der Waals surface area contributed by atoms with Gasteiger partial charge in [0.1, 0.15) is 18.3 Å². The summed E-state index contributed by atoms with van der Waals surface area (Å²) in [5.41, 5.74) is 1.78. The third-order valence-corrected chi connectivity index (χ3v) is 6.51. The lowest BCUT2D eigenvalue weighted by molar-refractivity contribution is -0.139. The molecule has 3 aromatic rings. The minimum atomic E-state index is -1.10. The SMILES string of the molecule is CCCCCN(CC(=O)N(c1ccccc1)C(C)C)C(=O)[C@@H](CCC(=O)O)NC(=O)c1cc2ccccc2[nH]1. The van der Waals surface area contributed by atoms with Gasteiger partial charge in [-0.1, -0.05) is 56.2 Å². The average molecular weight is 535 g/mol. The molecule has 0 radical (unpaired) electrons. The Morgan fingerprint density at radius 2 is 1.67 bits per heavy atom. The number of H-pyrrole nitrogens is 1. The largest absolute Gasteiger partial charge is 0.481 e. The standard InChI is InChI=1S/C30H38N4O5/c1-4-5-11-18-33(20-27(35)34(21(2)3)23-13-7-6-8-14-23)30(39)25(16-17-28(36)37)32-29(38)26-19-22-12-9-10-15-24(22)31-26/h6-10,12-15,19,21,25,31H,4-5,11,16-18,20H2,1-3H3,(H,32,38)(H,36,37)/t25-/m1/s1. The number of hydrogen-bond donors (Lipinski definition) is 3. The number of fused-ring (bicyclic) bond motifs is 1. The molecule has 1 heterocycles. The number of carbonyl (C=O) groups is 4. The van der Waals surface area contributed by atoms with Crippen molar-refractivity contribution in [3.63, 3.8) is 0 Å². The summed E-state index contributed by atoms with van der Waals surface area (Å²) in [6.07, 6.45) is 2.08. The molecule has 2 aromatic carbocycles. The molecule has 9 nitrogen and oxygen atoms in total. The molecule has 3 amide bonds. The molecule has 0 saturated carbocycles. The van der Waals surface area contributed by atoms with Crippen LogP contribution in [0.5, 0.6) is 0 Å². The molecular weight excluding hydrogens is 496 g/mol. The van der Waals surface area contributed by atoms with Gasteiger partial charge >= 0.3 is 5.97 Å². The van der Waals surface area contributed by atoms with Crippen LogP contribution in [0.4, 0.5) is 5.69 Å². The molecular formula is C30H38N4O5. The van der Waals surface area contributed by atoms with Crippen molar-refractivity contribution < 1.29 is 24.3 Å². The Hall–Kier alpha value is -4.14. The van der Waals surface area contributed by atoms with Gasteiger partial charge in [-0.3, -0.25) is 19.2 Å². The molecule has 3 N–H and O–H groups in total. The van der Waals surface area contributed by atoms with Crippen LogP contribution in [-0.4, -0.2) is 63.9 Å². The number of aromatic nitrogens is 1. The van der Waals surface area contributed by atoms with Gasteiger partial charge in [0.25, 0.3) is 5.91 Å². The minimum Gasteiger partial charge on any atom is -0.481 e. The van der Waals surface area contributed by atoms with E-state index in [-0.39, 0.29) is 37.0 Å². The maximum absolute atomic E-state index is 13.8.